The average molecular weight is 316 g/mol. The molecule has 124 valence electrons. The zero-order valence-electron chi connectivity index (χ0n) is 13.9. The van der Waals surface area contributed by atoms with Gasteiger partial charge in [-0.05, 0) is 50.7 Å². The van der Waals surface area contributed by atoms with E-state index in [-0.39, 0.29) is 12.2 Å². The Hall–Kier alpha value is -2.10. The standard InChI is InChI=1S/C19H24O4/c1-14(2)18(21)22-13-17(20)23-19(11-7-4-8-12-19)16-10-6-5-9-15(16)3/h5-6,9-10H,1,4,7-8,11-13H2,2-3H3. The number of hydrogen-bond donors (Lipinski definition) is 0. The van der Waals surface area contributed by atoms with Gasteiger partial charge in [-0.2, -0.15) is 0 Å². The molecule has 2 rings (SSSR count). The summed E-state index contributed by atoms with van der Waals surface area (Å²) < 4.78 is 10.7. The molecule has 0 atom stereocenters. The summed E-state index contributed by atoms with van der Waals surface area (Å²) in [6, 6.07) is 7.99. The van der Waals surface area contributed by atoms with Crippen LogP contribution in [0.4, 0.5) is 0 Å². The van der Waals surface area contributed by atoms with Crippen molar-refractivity contribution in [2.45, 2.75) is 51.6 Å². The quantitative estimate of drug-likeness (QED) is 0.612. The molecule has 1 fully saturated rings. The van der Waals surface area contributed by atoms with Gasteiger partial charge in [0, 0.05) is 5.57 Å². The van der Waals surface area contributed by atoms with Crippen molar-refractivity contribution in [2.24, 2.45) is 0 Å². The van der Waals surface area contributed by atoms with Crippen molar-refractivity contribution < 1.29 is 19.1 Å². The van der Waals surface area contributed by atoms with Crippen LogP contribution >= 0.6 is 0 Å². The molecule has 0 unspecified atom stereocenters. The third-order valence-corrected chi connectivity index (χ3v) is 4.28. The van der Waals surface area contributed by atoms with Gasteiger partial charge in [-0.1, -0.05) is 37.3 Å². The van der Waals surface area contributed by atoms with Gasteiger partial charge in [0.05, 0.1) is 0 Å². The molecule has 0 saturated heterocycles. The van der Waals surface area contributed by atoms with E-state index in [0.717, 1.165) is 43.2 Å². The molecule has 0 spiro atoms. The van der Waals surface area contributed by atoms with Crippen LogP contribution in [-0.4, -0.2) is 18.5 Å². The molecule has 1 aliphatic rings. The van der Waals surface area contributed by atoms with Crippen LogP contribution in [0.2, 0.25) is 0 Å². The van der Waals surface area contributed by atoms with E-state index in [0.29, 0.717) is 0 Å². The molecule has 23 heavy (non-hydrogen) atoms. The predicted octanol–water partition coefficient (Wildman–Crippen LogP) is 3.82. The van der Waals surface area contributed by atoms with Gasteiger partial charge in [-0.15, -0.1) is 0 Å². The average Bonchev–Trinajstić information content (AvgIpc) is 2.53. The summed E-state index contributed by atoms with van der Waals surface area (Å²) in [4.78, 5) is 23.6. The Morgan fingerprint density at radius 3 is 2.43 bits per heavy atom. The first kappa shape index (κ1) is 17.3. The molecule has 0 radical (unpaired) electrons. The molecule has 0 aromatic heterocycles. The highest BCUT2D eigenvalue weighted by atomic mass is 16.6. The lowest BCUT2D eigenvalue weighted by Crippen LogP contribution is -2.36. The summed E-state index contributed by atoms with van der Waals surface area (Å²) in [5.74, 6) is -1.08. The molecule has 0 amide bonds. The predicted molar refractivity (Wildman–Crippen MR) is 87.8 cm³/mol. The minimum Gasteiger partial charge on any atom is -0.452 e. The van der Waals surface area contributed by atoms with Crippen molar-refractivity contribution in [2.75, 3.05) is 6.61 Å². The maximum atomic E-state index is 12.2. The normalized spacial score (nSPS) is 16.4. The molecule has 1 aromatic carbocycles. The zero-order chi connectivity index (χ0) is 16.9. The van der Waals surface area contributed by atoms with Crippen LogP contribution in [0.25, 0.3) is 0 Å². The number of rotatable bonds is 5. The van der Waals surface area contributed by atoms with Crippen LogP contribution in [-0.2, 0) is 24.7 Å². The Kier molecular flexibility index (Phi) is 5.59. The highest BCUT2D eigenvalue weighted by Gasteiger charge is 2.38. The molecule has 1 saturated carbocycles. The Bertz CT molecular complexity index is 597. The first-order chi connectivity index (χ1) is 10.9. The molecule has 1 aliphatic carbocycles. The SMILES string of the molecule is C=C(C)C(=O)OCC(=O)OC1(c2ccccc2C)CCCCC1. The van der Waals surface area contributed by atoms with E-state index in [9.17, 15) is 9.59 Å². The van der Waals surface area contributed by atoms with Crippen molar-refractivity contribution in [3.05, 3.63) is 47.5 Å². The van der Waals surface area contributed by atoms with E-state index in [1.54, 1.807) is 6.92 Å². The second kappa shape index (κ2) is 7.44. The summed E-state index contributed by atoms with van der Waals surface area (Å²) in [7, 11) is 0. The molecular weight excluding hydrogens is 292 g/mol. The van der Waals surface area contributed by atoms with E-state index in [1.807, 2.05) is 31.2 Å². The minimum atomic E-state index is -0.601. The third-order valence-electron chi connectivity index (χ3n) is 4.28. The molecule has 0 bridgehead atoms. The Morgan fingerprint density at radius 1 is 1.17 bits per heavy atom. The van der Waals surface area contributed by atoms with E-state index in [2.05, 4.69) is 6.58 Å². The van der Waals surface area contributed by atoms with Crippen LogP contribution in [0, 0.1) is 6.92 Å². The van der Waals surface area contributed by atoms with Crippen LogP contribution in [0.5, 0.6) is 0 Å². The van der Waals surface area contributed by atoms with Gasteiger partial charge < -0.3 is 9.47 Å². The number of esters is 2. The fraction of sp³-hybridized carbons (Fsp3) is 0.474. The van der Waals surface area contributed by atoms with Crippen molar-refractivity contribution in [1.82, 2.24) is 0 Å². The van der Waals surface area contributed by atoms with E-state index in [4.69, 9.17) is 9.47 Å². The highest BCUT2D eigenvalue weighted by Crippen LogP contribution is 2.41. The fourth-order valence-corrected chi connectivity index (χ4v) is 3.13. The van der Waals surface area contributed by atoms with Crippen LogP contribution in [0.3, 0.4) is 0 Å². The number of carbonyl (C=O) groups is 2. The monoisotopic (exact) mass is 316 g/mol. The topological polar surface area (TPSA) is 52.6 Å². The lowest BCUT2D eigenvalue weighted by molar-refractivity contribution is -0.173. The second-order valence-electron chi connectivity index (χ2n) is 6.20. The first-order valence-corrected chi connectivity index (χ1v) is 8.05. The lowest BCUT2D eigenvalue weighted by Gasteiger charge is -2.38. The second-order valence-corrected chi connectivity index (χ2v) is 6.20. The fourth-order valence-electron chi connectivity index (χ4n) is 3.13. The smallest absolute Gasteiger partial charge is 0.345 e. The van der Waals surface area contributed by atoms with Crippen LogP contribution in [0.1, 0.15) is 50.2 Å². The highest BCUT2D eigenvalue weighted by molar-refractivity contribution is 5.88. The van der Waals surface area contributed by atoms with Crippen LogP contribution in [0.15, 0.2) is 36.4 Å². The van der Waals surface area contributed by atoms with Crippen LogP contribution < -0.4 is 0 Å². The van der Waals surface area contributed by atoms with Crippen molar-refractivity contribution >= 4 is 11.9 Å². The maximum absolute atomic E-state index is 12.2. The number of aryl methyl sites for hydroxylation is 1. The Morgan fingerprint density at radius 2 is 1.83 bits per heavy atom. The van der Waals surface area contributed by atoms with Gasteiger partial charge in [-0.25, -0.2) is 9.59 Å². The number of benzene rings is 1. The molecule has 4 nitrogen and oxygen atoms in total. The van der Waals surface area contributed by atoms with E-state index in [1.165, 1.54) is 0 Å². The van der Waals surface area contributed by atoms with Gasteiger partial charge in [0.1, 0.15) is 5.60 Å². The van der Waals surface area contributed by atoms with E-state index >= 15 is 0 Å². The van der Waals surface area contributed by atoms with Gasteiger partial charge in [0.2, 0.25) is 0 Å². The Labute approximate surface area is 137 Å². The van der Waals surface area contributed by atoms with Crippen molar-refractivity contribution in [1.29, 1.82) is 0 Å². The first-order valence-electron chi connectivity index (χ1n) is 8.05. The van der Waals surface area contributed by atoms with Gasteiger partial charge in [-0.3, -0.25) is 0 Å². The van der Waals surface area contributed by atoms with Gasteiger partial charge in [0.25, 0.3) is 0 Å². The number of carbonyl (C=O) groups excluding carboxylic acids is 2. The van der Waals surface area contributed by atoms with Gasteiger partial charge >= 0.3 is 11.9 Å². The number of ether oxygens (including phenoxy) is 2. The summed E-state index contributed by atoms with van der Waals surface area (Å²) in [5.41, 5.74) is 1.83. The lowest BCUT2D eigenvalue weighted by atomic mass is 9.78. The largest absolute Gasteiger partial charge is 0.452 e. The molecule has 1 aromatic rings. The summed E-state index contributed by atoms with van der Waals surface area (Å²) >= 11 is 0. The summed E-state index contributed by atoms with van der Waals surface area (Å²) in [6.45, 7) is 6.69. The summed E-state index contributed by atoms with van der Waals surface area (Å²) in [6.07, 6.45) is 4.80. The minimum absolute atomic E-state index is 0.268. The maximum Gasteiger partial charge on any atom is 0.345 e. The number of hydrogen-bond acceptors (Lipinski definition) is 4. The Balaban J connectivity index is 2.13. The van der Waals surface area contributed by atoms with E-state index < -0.39 is 17.5 Å². The molecule has 0 N–H and O–H groups in total. The zero-order valence-corrected chi connectivity index (χ0v) is 13.9. The molecular formula is C19H24O4. The summed E-state index contributed by atoms with van der Waals surface area (Å²) in [5, 5.41) is 0. The van der Waals surface area contributed by atoms with Crippen molar-refractivity contribution in [3.8, 4) is 0 Å². The molecule has 0 heterocycles. The molecule has 4 heteroatoms. The third kappa shape index (κ3) is 4.21. The van der Waals surface area contributed by atoms with Gasteiger partial charge in [0.15, 0.2) is 6.61 Å². The van der Waals surface area contributed by atoms with Crippen molar-refractivity contribution in [3.63, 3.8) is 0 Å². The molecule has 0 aliphatic heterocycles.